The van der Waals surface area contributed by atoms with Gasteiger partial charge in [-0.05, 0) is 43.8 Å². The van der Waals surface area contributed by atoms with E-state index in [0.29, 0.717) is 5.69 Å². The smallest absolute Gasteiger partial charge is 0.238 e. The number of amides is 2. The molecule has 2 aromatic rings. The Kier molecular flexibility index (Phi) is 6.86. The lowest BCUT2D eigenvalue weighted by Crippen LogP contribution is -2.40. The van der Waals surface area contributed by atoms with Crippen LogP contribution in [0, 0.1) is 5.82 Å². The van der Waals surface area contributed by atoms with Crippen LogP contribution in [0.2, 0.25) is 0 Å². The van der Waals surface area contributed by atoms with Gasteiger partial charge in [0.2, 0.25) is 11.8 Å². The molecule has 138 valence electrons. The van der Waals surface area contributed by atoms with Gasteiger partial charge in [0.25, 0.3) is 0 Å². The molecule has 0 aliphatic rings. The van der Waals surface area contributed by atoms with Crippen LogP contribution >= 0.6 is 0 Å². The molecule has 0 aromatic heterocycles. The van der Waals surface area contributed by atoms with Gasteiger partial charge in [-0.2, -0.15) is 0 Å². The molecular formula is C20H24FN3O2. The molecule has 2 amide bonds. The van der Waals surface area contributed by atoms with Crippen molar-refractivity contribution in [1.82, 2.24) is 9.80 Å². The quantitative estimate of drug-likeness (QED) is 0.829. The second-order valence-electron chi connectivity index (χ2n) is 6.32. The average molecular weight is 357 g/mol. The summed E-state index contributed by atoms with van der Waals surface area (Å²) in [6.45, 7) is 2.16. The molecule has 2 aromatic carbocycles. The molecule has 26 heavy (non-hydrogen) atoms. The molecule has 1 N–H and O–H groups in total. The molecule has 0 saturated heterocycles. The van der Waals surface area contributed by atoms with Crippen LogP contribution in [0.1, 0.15) is 18.5 Å². The number of halogens is 1. The van der Waals surface area contributed by atoms with Crippen molar-refractivity contribution in [2.75, 3.05) is 32.5 Å². The van der Waals surface area contributed by atoms with Gasteiger partial charge in [-0.3, -0.25) is 14.5 Å². The van der Waals surface area contributed by atoms with E-state index in [1.807, 2.05) is 37.3 Å². The van der Waals surface area contributed by atoms with Gasteiger partial charge in [-0.1, -0.05) is 30.3 Å². The van der Waals surface area contributed by atoms with Crippen LogP contribution in [0.25, 0.3) is 0 Å². The fraction of sp³-hybridized carbons (Fsp3) is 0.300. The maximum Gasteiger partial charge on any atom is 0.238 e. The molecule has 0 heterocycles. The second kappa shape index (κ2) is 9.10. The SMILES string of the molecule is C[C@H](c1ccccc1)N(C)C(=O)CN(C)CC(=O)Nc1ccc(F)cc1. The number of benzene rings is 2. The Morgan fingerprint density at radius 2 is 1.62 bits per heavy atom. The number of carbonyl (C=O) groups is 2. The third kappa shape index (κ3) is 5.67. The number of rotatable bonds is 7. The van der Waals surface area contributed by atoms with Crippen molar-refractivity contribution < 1.29 is 14.0 Å². The van der Waals surface area contributed by atoms with Crippen molar-refractivity contribution in [3.63, 3.8) is 0 Å². The zero-order valence-electron chi connectivity index (χ0n) is 15.3. The predicted molar refractivity (Wildman–Crippen MR) is 100 cm³/mol. The van der Waals surface area contributed by atoms with Gasteiger partial charge < -0.3 is 10.2 Å². The average Bonchev–Trinajstić information content (AvgIpc) is 2.62. The number of hydrogen-bond acceptors (Lipinski definition) is 3. The summed E-state index contributed by atoms with van der Waals surface area (Å²) in [4.78, 5) is 27.8. The largest absolute Gasteiger partial charge is 0.338 e. The third-order valence-electron chi connectivity index (χ3n) is 4.20. The number of likely N-dealkylation sites (N-methyl/N-ethyl adjacent to an activating group) is 2. The highest BCUT2D eigenvalue weighted by atomic mass is 19.1. The van der Waals surface area contributed by atoms with E-state index in [9.17, 15) is 14.0 Å². The van der Waals surface area contributed by atoms with Crippen LogP contribution in [0.5, 0.6) is 0 Å². The number of anilines is 1. The summed E-state index contributed by atoms with van der Waals surface area (Å²) >= 11 is 0. The van der Waals surface area contributed by atoms with Gasteiger partial charge in [0.1, 0.15) is 5.82 Å². The monoisotopic (exact) mass is 357 g/mol. The van der Waals surface area contributed by atoms with Crippen LogP contribution in [-0.4, -0.2) is 48.8 Å². The first-order chi connectivity index (χ1) is 12.4. The molecular weight excluding hydrogens is 333 g/mol. The Morgan fingerprint density at radius 3 is 2.23 bits per heavy atom. The van der Waals surface area contributed by atoms with Gasteiger partial charge in [-0.15, -0.1) is 0 Å². The normalized spacial score (nSPS) is 11.9. The molecule has 5 nitrogen and oxygen atoms in total. The second-order valence-corrected chi connectivity index (χ2v) is 6.32. The minimum atomic E-state index is -0.360. The van der Waals surface area contributed by atoms with Crippen molar-refractivity contribution in [2.45, 2.75) is 13.0 Å². The minimum Gasteiger partial charge on any atom is -0.338 e. The Hall–Kier alpha value is -2.73. The number of carbonyl (C=O) groups excluding carboxylic acids is 2. The fourth-order valence-corrected chi connectivity index (χ4v) is 2.55. The first-order valence-electron chi connectivity index (χ1n) is 8.41. The summed E-state index contributed by atoms with van der Waals surface area (Å²) in [5, 5.41) is 2.68. The Morgan fingerprint density at radius 1 is 1.00 bits per heavy atom. The molecule has 0 saturated carbocycles. The molecule has 0 fully saturated rings. The van der Waals surface area contributed by atoms with Crippen LogP contribution in [-0.2, 0) is 9.59 Å². The maximum absolute atomic E-state index is 12.9. The summed E-state index contributed by atoms with van der Waals surface area (Å²) in [6, 6.07) is 15.3. The molecule has 6 heteroatoms. The Bertz CT molecular complexity index is 734. The molecule has 0 unspecified atom stereocenters. The summed E-state index contributed by atoms with van der Waals surface area (Å²) in [5.74, 6) is -0.689. The zero-order chi connectivity index (χ0) is 19.1. The van der Waals surface area contributed by atoms with Gasteiger partial charge >= 0.3 is 0 Å². The number of nitrogens with zero attached hydrogens (tertiary/aromatic N) is 2. The van der Waals surface area contributed by atoms with E-state index in [1.165, 1.54) is 24.3 Å². The summed E-state index contributed by atoms with van der Waals surface area (Å²) in [7, 11) is 3.47. The topological polar surface area (TPSA) is 52.7 Å². The van der Waals surface area contributed by atoms with E-state index in [0.717, 1.165) is 5.56 Å². The molecule has 0 bridgehead atoms. The standard InChI is InChI=1S/C20H24FN3O2/c1-15(16-7-5-4-6-8-16)24(3)20(26)14-23(2)13-19(25)22-18-11-9-17(21)10-12-18/h4-12,15H,13-14H2,1-3H3,(H,22,25)/t15-/m1/s1. The van der Waals surface area contributed by atoms with Gasteiger partial charge in [-0.25, -0.2) is 4.39 Å². The summed E-state index contributed by atoms with van der Waals surface area (Å²) in [6.07, 6.45) is 0. The number of hydrogen-bond donors (Lipinski definition) is 1. The molecule has 1 atom stereocenters. The van der Waals surface area contributed by atoms with E-state index in [2.05, 4.69) is 5.32 Å². The minimum absolute atomic E-state index is 0.0508. The fourth-order valence-electron chi connectivity index (χ4n) is 2.55. The molecule has 0 radical (unpaired) electrons. The number of nitrogens with one attached hydrogen (secondary N) is 1. The van der Waals surface area contributed by atoms with E-state index >= 15 is 0 Å². The molecule has 2 rings (SSSR count). The van der Waals surface area contributed by atoms with Crippen molar-refractivity contribution in [3.05, 3.63) is 66.0 Å². The van der Waals surface area contributed by atoms with Crippen molar-refractivity contribution in [1.29, 1.82) is 0 Å². The lowest BCUT2D eigenvalue weighted by molar-refractivity contribution is -0.133. The molecule has 0 aliphatic carbocycles. The van der Waals surface area contributed by atoms with Crippen molar-refractivity contribution >= 4 is 17.5 Å². The summed E-state index contributed by atoms with van der Waals surface area (Å²) < 4.78 is 12.9. The highest BCUT2D eigenvalue weighted by Crippen LogP contribution is 2.18. The van der Waals surface area contributed by atoms with E-state index in [4.69, 9.17) is 0 Å². The lowest BCUT2D eigenvalue weighted by Gasteiger charge is -2.27. The van der Waals surface area contributed by atoms with E-state index < -0.39 is 0 Å². The van der Waals surface area contributed by atoms with Crippen molar-refractivity contribution in [3.8, 4) is 0 Å². The van der Waals surface area contributed by atoms with Gasteiger partial charge in [0.05, 0.1) is 19.1 Å². The van der Waals surface area contributed by atoms with Crippen LogP contribution in [0.15, 0.2) is 54.6 Å². The first kappa shape index (κ1) is 19.6. The summed E-state index contributed by atoms with van der Waals surface area (Å²) in [5.41, 5.74) is 1.58. The highest BCUT2D eigenvalue weighted by Gasteiger charge is 2.19. The predicted octanol–water partition coefficient (Wildman–Crippen LogP) is 2.92. The Balaban J connectivity index is 1.84. The van der Waals surface area contributed by atoms with Gasteiger partial charge in [0, 0.05) is 12.7 Å². The third-order valence-corrected chi connectivity index (χ3v) is 4.20. The lowest BCUT2D eigenvalue weighted by atomic mass is 10.1. The Labute approximate surface area is 153 Å². The van der Waals surface area contributed by atoms with Crippen molar-refractivity contribution in [2.24, 2.45) is 0 Å². The highest BCUT2D eigenvalue weighted by molar-refractivity contribution is 5.92. The van der Waals surface area contributed by atoms with E-state index in [-0.39, 0.29) is 36.8 Å². The first-order valence-corrected chi connectivity index (χ1v) is 8.41. The molecule has 0 spiro atoms. The molecule has 0 aliphatic heterocycles. The van der Waals surface area contributed by atoms with Gasteiger partial charge in [0.15, 0.2) is 0 Å². The van der Waals surface area contributed by atoms with Crippen LogP contribution < -0.4 is 5.32 Å². The van der Waals surface area contributed by atoms with Crippen LogP contribution in [0.4, 0.5) is 10.1 Å². The van der Waals surface area contributed by atoms with Crippen LogP contribution in [0.3, 0.4) is 0 Å². The zero-order valence-corrected chi connectivity index (χ0v) is 15.3. The van der Waals surface area contributed by atoms with E-state index in [1.54, 1.807) is 23.9 Å². The maximum atomic E-state index is 12.9.